The molecule has 0 spiro atoms. The predicted octanol–water partition coefficient (Wildman–Crippen LogP) is 2.25. The zero-order valence-corrected chi connectivity index (χ0v) is 13.8. The van der Waals surface area contributed by atoms with E-state index in [1.165, 1.54) is 5.69 Å². The molecular weight excluding hydrogens is 302 g/mol. The third kappa shape index (κ3) is 2.68. The first-order valence-electron chi connectivity index (χ1n) is 8.39. The van der Waals surface area contributed by atoms with E-state index in [-0.39, 0.29) is 5.91 Å². The molecule has 4 heterocycles. The Morgan fingerprint density at radius 1 is 1.38 bits per heavy atom. The van der Waals surface area contributed by atoms with Gasteiger partial charge in [0.25, 0.3) is 0 Å². The number of aryl methyl sites for hydroxylation is 1. The van der Waals surface area contributed by atoms with Crippen molar-refractivity contribution in [2.75, 3.05) is 13.1 Å². The predicted molar refractivity (Wildman–Crippen MR) is 91.6 cm³/mol. The van der Waals surface area contributed by atoms with Crippen molar-refractivity contribution in [1.29, 1.82) is 0 Å². The number of piperidine rings is 1. The van der Waals surface area contributed by atoms with Crippen LogP contribution in [0.3, 0.4) is 0 Å². The average Bonchev–Trinajstić information content (AvgIpc) is 3.22. The molecule has 1 unspecified atom stereocenters. The summed E-state index contributed by atoms with van der Waals surface area (Å²) in [6.45, 7) is 1.62. The van der Waals surface area contributed by atoms with Gasteiger partial charge in [0, 0.05) is 55.7 Å². The Hall–Kier alpha value is -2.63. The first-order valence-corrected chi connectivity index (χ1v) is 8.39. The molecule has 1 aliphatic rings. The summed E-state index contributed by atoms with van der Waals surface area (Å²) >= 11 is 0. The molecule has 1 fully saturated rings. The Labute approximate surface area is 140 Å². The van der Waals surface area contributed by atoms with E-state index in [2.05, 4.69) is 21.1 Å². The topological polar surface area (TPSA) is 66.8 Å². The van der Waals surface area contributed by atoms with Crippen LogP contribution in [0.25, 0.3) is 11.0 Å². The fourth-order valence-electron chi connectivity index (χ4n) is 3.66. The van der Waals surface area contributed by atoms with Gasteiger partial charge in [-0.05, 0) is 36.6 Å². The monoisotopic (exact) mass is 323 g/mol. The summed E-state index contributed by atoms with van der Waals surface area (Å²) in [5.74, 6) is 0.562. The number of H-pyrrole nitrogens is 1. The van der Waals surface area contributed by atoms with E-state index in [0.717, 1.165) is 42.5 Å². The lowest BCUT2D eigenvalue weighted by atomic mass is 9.94. The first kappa shape index (κ1) is 14.9. The third-order valence-corrected chi connectivity index (χ3v) is 4.93. The van der Waals surface area contributed by atoms with Gasteiger partial charge in [-0.25, -0.2) is 4.98 Å². The average molecular weight is 323 g/mol. The van der Waals surface area contributed by atoms with Crippen molar-refractivity contribution in [3.63, 3.8) is 0 Å². The molecule has 0 bridgehead atoms. The van der Waals surface area contributed by atoms with Crippen LogP contribution < -0.4 is 0 Å². The van der Waals surface area contributed by atoms with E-state index in [1.807, 2.05) is 41.2 Å². The Morgan fingerprint density at radius 2 is 2.29 bits per heavy atom. The van der Waals surface area contributed by atoms with Crippen LogP contribution in [0.1, 0.15) is 30.0 Å². The number of nitrogens with one attached hydrogen (secondary N) is 1. The Morgan fingerprint density at radius 3 is 3.12 bits per heavy atom. The molecule has 124 valence electrons. The molecule has 1 atom stereocenters. The van der Waals surface area contributed by atoms with E-state index >= 15 is 0 Å². The fourth-order valence-corrected chi connectivity index (χ4v) is 3.66. The van der Waals surface area contributed by atoms with E-state index in [4.69, 9.17) is 0 Å². The SMILES string of the molecule is Cn1nccc1C1CCCN(C(=O)Cc2c[nH]c3ncccc23)C1. The van der Waals surface area contributed by atoms with Gasteiger partial charge in [-0.15, -0.1) is 0 Å². The number of hydrogen-bond acceptors (Lipinski definition) is 3. The van der Waals surface area contributed by atoms with Crippen LogP contribution in [0, 0.1) is 0 Å². The van der Waals surface area contributed by atoms with Gasteiger partial charge in [0.15, 0.2) is 0 Å². The van der Waals surface area contributed by atoms with Crippen LogP contribution in [0.15, 0.2) is 36.8 Å². The van der Waals surface area contributed by atoms with Gasteiger partial charge in [-0.2, -0.15) is 5.10 Å². The number of hydrogen-bond donors (Lipinski definition) is 1. The fraction of sp³-hybridized carbons (Fsp3) is 0.389. The second-order valence-corrected chi connectivity index (χ2v) is 6.45. The Balaban J connectivity index is 1.49. The molecule has 6 heteroatoms. The molecule has 24 heavy (non-hydrogen) atoms. The maximum absolute atomic E-state index is 12.8. The number of aromatic nitrogens is 4. The largest absolute Gasteiger partial charge is 0.346 e. The molecule has 0 aromatic carbocycles. The van der Waals surface area contributed by atoms with Crippen molar-refractivity contribution in [3.8, 4) is 0 Å². The number of aromatic amines is 1. The van der Waals surface area contributed by atoms with Gasteiger partial charge < -0.3 is 9.88 Å². The highest BCUT2D eigenvalue weighted by atomic mass is 16.2. The van der Waals surface area contributed by atoms with Gasteiger partial charge in [0.1, 0.15) is 5.65 Å². The molecule has 1 aliphatic heterocycles. The summed E-state index contributed by atoms with van der Waals surface area (Å²) in [5, 5.41) is 5.29. The van der Waals surface area contributed by atoms with Crippen LogP contribution in [-0.4, -0.2) is 43.6 Å². The minimum Gasteiger partial charge on any atom is -0.346 e. The zero-order chi connectivity index (χ0) is 16.5. The Bertz CT molecular complexity index is 865. The second kappa shape index (κ2) is 6.11. The number of carbonyl (C=O) groups excluding carboxylic acids is 1. The number of fused-ring (bicyclic) bond motifs is 1. The van der Waals surface area contributed by atoms with Crippen molar-refractivity contribution >= 4 is 16.9 Å². The number of nitrogens with zero attached hydrogens (tertiary/aromatic N) is 4. The number of rotatable bonds is 3. The van der Waals surface area contributed by atoms with Crippen LogP contribution in [-0.2, 0) is 18.3 Å². The quantitative estimate of drug-likeness (QED) is 0.804. The summed E-state index contributed by atoms with van der Waals surface area (Å²) in [6.07, 6.45) is 8.06. The summed E-state index contributed by atoms with van der Waals surface area (Å²) in [5.41, 5.74) is 3.07. The highest BCUT2D eigenvalue weighted by Gasteiger charge is 2.26. The van der Waals surface area contributed by atoms with Crippen LogP contribution in [0.4, 0.5) is 0 Å². The highest BCUT2D eigenvalue weighted by Crippen LogP contribution is 2.27. The van der Waals surface area contributed by atoms with Crippen molar-refractivity contribution in [2.45, 2.75) is 25.2 Å². The van der Waals surface area contributed by atoms with Crippen molar-refractivity contribution < 1.29 is 4.79 Å². The second-order valence-electron chi connectivity index (χ2n) is 6.45. The van der Waals surface area contributed by atoms with E-state index in [0.29, 0.717) is 12.3 Å². The van der Waals surface area contributed by atoms with Crippen molar-refractivity contribution in [2.24, 2.45) is 7.05 Å². The van der Waals surface area contributed by atoms with Gasteiger partial charge in [0.05, 0.1) is 6.42 Å². The molecule has 0 radical (unpaired) electrons. The molecule has 1 saturated heterocycles. The van der Waals surface area contributed by atoms with Gasteiger partial charge in [-0.1, -0.05) is 0 Å². The normalized spacial score (nSPS) is 18.2. The smallest absolute Gasteiger partial charge is 0.227 e. The summed E-state index contributed by atoms with van der Waals surface area (Å²) in [4.78, 5) is 22.2. The van der Waals surface area contributed by atoms with Gasteiger partial charge in [-0.3, -0.25) is 9.48 Å². The molecular formula is C18H21N5O. The third-order valence-electron chi connectivity index (χ3n) is 4.93. The summed E-state index contributed by atoms with van der Waals surface area (Å²) < 4.78 is 1.92. The van der Waals surface area contributed by atoms with E-state index in [9.17, 15) is 4.79 Å². The first-order chi connectivity index (χ1) is 11.7. The molecule has 1 amide bonds. The zero-order valence-electron chi connectivity index (χ0n) is 13.8. The number of pyridine rings is 1. The van der Waals surface area contributed by atoms with Gasteiger partial charge in [0.2, 0.25) is 5.91 Å². The maximum atomic E-state index is 12.8. The minimum atomic E-state index is 0.187. The minimum absolute atomic E-state index is 0.187. The molecule has 1 N–H and O–H groups in total. The lowest BCUT2D eigenvalue weighted by molar-refractivity contribution is -0.131. The molecule has 6 nitrogen and oxygen atoms in total. The lowest BCUT2D eigenvalue weighted by Crippen LogP contribution is -2.40. The standard InChI is InChI=1S/C18H21N5O/c1-22-16(6-8-21-22)13-4-3-9-23(12-13)17(24)10-14-11-20-18-15(14)5-2-7-19-18/h2,5-8,11,13H,3-4,9-10,12H2,1H3,(H,19,20). The number of carbonyl (C=O) groups is 1. The molecule has 3 aromatic rings. The van der Waals surface area contributed by atoms with E-state index < -0.39 is 0 Å². The number of likely N-dealkylation sites (tertiary alicyclic amines) is 1. The molecule has 3 aromatic heterocycles. The molecule has 0 aliphatic carbocycles. The molecule has 4 rings (SSSR count). The number of amides is 1. The lowest BCUT2D eigenvalue weighted by Gasteiger charge is -2.33. The summed E-state index contributed by atoms with van der Waals surface area (Å²) in [6, 6.07) is 5.98. The maximum Gasteiger partial charge on any atom is 0.227 e. The van der Waals surface area contributed by atoms with Crippen LogP contribution in [0.5, 0.6) is 0 Å². The van der Waals surface area contributed by atoms with Crippen molar-refractivity contribution in [3.05, 3.63) is 48.0 Å². The van der Waals surface area contributed by atoms with Crippen LogP contribution in [0.2, 0.25) is 0 Å². The Kier molecular flexibility index (Phi) is 3.80. The van der Waals surface area contributed by atoms with Crippen molar-refractivity contribution in [1.82, 2.24) is 24.6 Å². The summed E-state index contributed by atoms with van der Waals surface area (Å²) in [7, 11) is 1.97. The highest BCUT2D eigenvalue weighted by molar-refractivity contribution is 5.87. The van der Waals surface area contributed by atoms with Gasteiger partial charge >= 0.3 is 0 Å². The van der Waals surface area contributed by atoms with E-state index in [1.54, 1.807) is 6.20 Å². The van der Waals surface area contributed by atoms with Crippen LogP contribution >= 0.6 is 0 Å². The molecule has 0 saturated carbocycles.